The molecule has 0 N–H and O–H groups in total. The minimum Gasteiger partial charge on any atom is -0.361 e. The normalized spacial score (nSPS) is 9.64. The van der Waals surface area contributed by atoms with E-state index in [1.54, 1.807) is 20.2 Å². The first-order chi connectivity index (χ1) is 5.20. The van der Waals surface area contributed by atoms with Gasteiger partial charge < -0.3 is 9.42 Å². The highest BCUT2D eigenvalue weighted by atomic mass is 16.5. The molecule has 0 spiro atoms. The van der Waals surface area contributed by atoms with Crippen LogP contribution < -0.4 is 0 Å². The molecule has 1 heterocycles. The van der Waals surface area contributed by atoms with Crippen molar-refractivity contribution in [1.82, 2.24) is 10.1 Å². The van der Waals surface area contributed by atoms with Crippen molar-refractivity contribution in [1.29, 1.82) is 0 Å². The molecule has 0 saturated carbocycles. The molecule has 0 aliphatic heterocycles. The fraction of sp³-hybridized carbons (Fsp3) is 0.429. The van der Waals surface area contributed by atoms with E-state index < -0.39 is 0 Å². The molecule has 0 aliphatic rings. The highest BCUT2D eigenvalue weighted by Crippen LogP contribution is 1.98. The highest BCUT2D eigenvalue weighted by molar-refractivity contribution is 5.77. The Balaban J connectivity index is 2.50. The monoisotopic (exact) mass is 154 g/mol. The zero-order valence-corrected chi connectivity index (χ0v) is 6.57. The molecule has 1 aromatic heterocycles. The summed E-state index contributed by atoms with van der Waals surface area (Å²) in [5.41, 5.74) is 0. The number of likely N-dealkylation sites (N-methyl/N-ethyl adjacent to an activating group) is 1. The molecule has 0 saturated heterocycles. The Morgan fingerprint density at radius 1 is 1.73 bits per heavy atom. The zero-order valence-electron chi connectivity index (χ0n) is 6.57. The maximum atomic E-state index is 11.0. The molecular formula is C7H10N2O2. The van der Waals surface area contributed by atoms with Gasteiger partial charge in [-0.2, -0.15) is 0 Å². The van der Waals surface area contributed by atoms with E-state index in [-0.39, 0.29) is 12.3 Å². The standard InChI is InChI=1S/C7H10N2O2/c1-9(2)7(10)5-6-3-4-8-11-6/h3-4H,5H2,1-2H3. The summed E-state index contributed by atoms with van der Waals surface area (Å²) in [7, 11) is 3.41. The van der Waals surface area contributed by atoms with Crippen LogP contribution >= 0.6 is 0 Å². The molecule has 1 rings (SSSR count). The summed E-state index contributed by atoms with van der Waals surface area (Å²) in [6.07, 6.45) is 1.81. The van der Waals surface area contributed by atoms with Crippen molar-refractivity contribution in [2.75, 3.05) is 14.1 Å². The van der Waals surface area contributed by atoms with Crippen molar-refractivity contribution in [3.05, 3.63) is 18.0 Å². The van der Waals surface area contributed by atoms with Crippen LogP contribution in [0.3, 0.4) is 0 Å². The maximum absolute atomic E-state index is 11.0. The Hall–Kier alpha value is -1.32. The molecule has 1 aromatic rings. The van der Waals surface area contributed by atoms with Gasteiger partial charge >= 0.3 is 0 Å². The number of hydrogen-bond donors (Lipinski definition) is 0. The smallest absolute Gasteiger partial charge is 0.229 e. The lowest BCUT2D eigenvalue weighted by atomic mass is 10.3. The van der Waals surface area contributed by atoms with E-state index in [4.69, 9.17) is 4.52 Å². The second-order valence-electron chi connectivity index (χ2n) is 2.44. The lowest BCUT2D eigenvalue weighted by molar-refractivity contribution is -0.128. The number of carbonyl (C=O) groups excluding carboxylic acids is 1. The third kappa shape index (κ3) is 2.07. The molecule has 0 radical (unpaired) electrons. The van der Waals surface area contributed by atoms with E-state index in [1.165, 1.54) is 11.1 Å². The molecule has 11 heavy (non-hydrogen) atoms. The largest absolute Gasteiger partial charge is 0.361 e. The van der Waals surface area contributed by atoms with Crippen LogP contribution in [0.4, 0.5) is 0 Å². The van der Waals surface area contributed by atoms with Crippen LogP contribution in [0.5, 0.6) is 0 Å². The van der Waals surface area contributed by atoms with Gasteiger partial charge in [0.25, 0.3) is 0 Å². The number of amides is 1. The lowest BCUT2D eigenvalue weighted by Gasteiger charge is -2.07. The summed E-state index contributed by atoms with van der Waals surface area (Å²) in [5, 5.41) is 3.49. The van der Waals surface area contributed by atoms with Gasteiger partial charge in [-0.15, -0.1) is 0 Å². The zero-order chi connectivity index (χ0) is 8.27. The van der Waals surface area contributed by atoms with E-state index in [9.17, 15) is 4.79 Å². The number of hydrogen-bond acceptors (Lipinski definition) is 3. The van der Waals surface area contributed by atoms with Crippen molar-refractivity contribution in [3.63, 3.8) is 0 Å². The van der Waals surface area contributed by atoms with Crippen molar-refractivity contribution >= 4 is 5.91 Å². The van der Waals surface area contributed by atoms with Gasteiger partial charge in [-0.05, 0) is 0 Å². The molecule has 60 valence electrons. The first kappa shape index (κ1) is 7.78. The SMILES string of the molecule is CN(C)C(=O)Cc1ccno1. The van der Waals surface area contributed by atoms with Crippen LogP contribution in [-0.4, -0.2) is 30.1 Å². The number of nitrogens with zero attached hydrogens (tertiary/aromatic N) is 2. The van der Waals surface area contributed by atoms with Crippen LogP contribution in [0.1, 0.15) is 5.76 Å². The minimum absolute atomic E-state index is 0.0155. The quantitative estimate of drug-likeness (QED) is 0.615. The highest BCUT2D eigenvalue weighted by Gasteiger charge is 2.07. The molecule has 0 aliphatic carbocycles. The van der Waals surface area contributed by atoms with Gasteiger partial charge in [-0.1, -0.05) is 5.16 Å². The summed E-state index contributed by atoms with van der Waals surface area (Å²) in [5.74, 6) is 0.616. The molecule has 1 amide bonds. The van der Waals surface area contributed by atoms with Crippen molar-refractivity contribution in [2.45, 2.75) is 6.42 Å². The van der Waals surface area contributed by atoms with Crippen LogP contribution in [0.25, 0.3) is 0 Å². The Kier molecular flexibility index (Phi) is 2.25. The second kappa shape index (κ2) is 3.18. The van der Waals surface area contributed by atoms with Gasteiger partial charge in [0.2, 0.25) is 5.91 Å². The first-order valence-corrected chi connectivity index (χ1v) is 3.30. The predicted molar refractivity (Wildman–Crippen MR) is 38.9 cm³/mol. The van der Waals surface area contributed by atoms with E-state index in [2.05, 4.69) is 5.16 Å². The predicted octanol–water partition coefficient (Wildman–Crippen LogP) is 0.305. The van der Waals surface area contributed by atoms with E-state index in [1.807, 2.05) is 0 Å². The first-order valence-electron chi connectivity index (χ1n) is 3.30. The molecule has 0 atom stereocenters. The molecular weight excluding hydrogens is 144 g/mol. The van der Waals surface area contributed by atoms with Gasteiger partial charge in [0.05, 0.1) is 12.6 Å². The Labute approximate surface area is 64.8 Å². The van der Waals surface area contributed by atoms with Crippen LogP contribution in [-0.2, 0) is 11.2 Å². The number of carbonyl (C=O) groups is 1. The molecule has 0 bridgehead atoms. The minimum atomic E-state index is 0.0155. The average molecular weight is 154 g/mol. The third-order valence-electron chi connectivity index (χ3n) is 1.32. The van der Waals surface area contributed by atoms with Crippen LogP contribution in [0.2, 0.25) is 0 Å². The summed E-state index contributed by atoms with van der Waals surface area (Å²) in [4.78, 5) is 12.6. The Morgan fingerprint density at radius 3 is 2.91 bits per heavy atom. The fourth-order valence-electron chi connectivity index (χ4n) is 0.640. The fourth-order valence-corrected chi connectivity index (χ4v) is 0.640. The molecule has 0 fully saturated rings. The summed E-state index contributed by atoms with van der Waals surface area (Å²) in [6, 6.07) is 1.68. The second-order valence-corrected chi connectivity index (χ2v) is 2.44. The summed E-state index contributed by atoms with van der Waals surface area (Å²) < 4.78 is 4.76. The molecule has 4 nitrogen and oxygen atoms in total. The molecule has 0 unspecified atom stereocenters. The summed E-state index contributed by atoms with van der Waals surface area (Å²) >= 11 is 0. The van der Waals surface area contributed by atoms with Gasteiger partial charge in [0.1, 0.15) is 5.76 Å². The maximum Gasteiger partial charge on any atom is 0.229 e. The van der Waals surface area contributed by atoms with Crippen LogP contribution in [0, 0.1) is 0 Å². The Morgan fingerprint density at radius 2 is 2.45 bits per heavy atom. The van der Waals surface area contributed by atoms with E-state index in [0.29, 0.717) is 5.76 Å². The van der Waals surface area contributed by atoms with Crippen molar-refractivity contribution in [2.24, 2.45) is 0 Å². The average Bonchev–Trinajstić information content (AvgIpc) is 2.39. The van der Waals surface area contributed by atoms with Gasteiger partial charge in [0.15, 0.2) is 0 Å². The van der Waals surface area contributed by atoms with Gasteiger partial charge in [0, 0.05) is 20.2 Å². The van der Waals surface area contributed by atoms with Crippen molar-refractivity contribution < 1.29 is 9.32 Å². The molecule has 4 heteroatoms. The number of aromatic nitrogens is 1. The van der Waals surface area contributed by atoms with E-state index >= 15 is 0 Å². The topological polar surface area (TPSA) is 46.3 Å². The summed E-state index contributed by atoms with van der Waals surface area (Å²) in [6.45, 7) is 0. The third-order valence-corrected chi connectivity index (χ3v) is 1.32. The van der Waals surface area contributed by atoms with Gasteiger partial charge in [-0.3, -0.25) is 4.79 Å². The van der Waals surface area contributed by atoms with Gasteiger partial charge in [-0.25, -0.2) is 0 Å². The lowest BCUT2D eigenvalue weighted by Crippen LogP contribution is -2.23. The van der Waals surface area contributed by atoms with Crippen molar-refractivity contribution in [3.8, 4) is 0 Å². The van der Waals surface area contributed by atoms with Crippen LogP contribution in [0.15, 0.2) is 16.8 Å². The van der Waals surface area contributed by atoms with E-state index in [0.717, 1.165) is 0 Å². The molecule has 0 aromatic carbocycles. The number of rotatable bonds is 2. The Bertz CT molecular complexity index is 229.